The van der Waals surface area contributed by atoms with E-state index in [-0.39, 0.29) is 12.0 Å². The molecule has 5 heteroatoms. The zero-order valence-corrected chi connectivity index (χ0v) is 11.5. The fraction of sp³-hybridized carbons (Fsp3) is 0.571. The highest BCUT2D eigenvalue weighted by Gasteiger charge is 2.17. The van der Waals surface area contributed by atoms with Crippen molar-refractivity contribution in [2.45, 2.75) is 25.4 Å². The van der Waals surface area contributed by atoms with E-state index in [1.54, 1.807) is 20.2 Å². The van der Waals surface area contributed by atoms with Crippen LogP contribution in [0, 0.1) is 0 Å². The summed E-state index contributed by atoms with van der Waals surface area (Å²) in [6, 6.07) is 5.52. The largest absolute Gasteiger partial charge is 0.393 e. The van der Waals surface area contributed by atoms with Crippen LogP contribution in [-0.4, -0.2) is 54.2 Å². The molecule has 0 aliphatic carbocycles. The summed E-state index contributed by atoms with van der Waals surface area (Å²) in [7, 11) is 3.44. The Bertz CT molecular complexity index is 448. The fourth-order valence-corrected chi connectivity index (χ4v) is 2.26. The summed E-state index contributed by atoms with van der Waals surface area (Å²) >= 11 is 0. The van der Waals surface area contributed by atoms with Gasteiger partial charge in [-0.2, -0.15) is 0 Å². The third-order valence-corrected chi connectivity index (χ3v) is 3.38. The van der Waals surface area contributed by atoms with Gasteiger partial charge in [-0.15, -0.1) is 0 Å². The van der Waals surface area contributed by atoms with Gasteiger partial charge in [-0.25, -0.2) is 4.98 Å². The topological polar surface area (TPSA) is 56.7 Å². The van der Waals surface area contributed by atoms with Gasteiger partial charge >= 0.3 is 0 Å². The number of carbonyl (C=O) groups is 1. The molecule has 2 rings (SSSR count). The van der Waals surface area contributed by atoms with E-state index in [4.69, 9.17) is 0 Å². The Balaban J connectivity index is 2.16. The first-order chi connectivity index (χ1) is 9.08. The number of aliphatic hydroxyl groups is 1. The van der Waals surface area contributed by atoms with Gasteiger partial charge in [0.2, 0.25) is 0 Å². The zero-order valence-electron chi connectivity index (χ0n) is 11.5. The van der Waals surface area contributed by atoms with Gasteiger partial charge in [0.25, 0.3) is 5.91 Å². The highest BCUT2D eigenvalue weighted by molar-refractivity contribution is 5.92. The molecule has 2 heterocycles. The minimum absolute atomic E-state index is 0.0864. The summed E-state index contributed by atoms with van der Waals surface area (Å²) in [6.45, 7) is 1.66. The Hall–Kier alpha value is -1.62. The van der Waals surface area contributed by atoms with Crippen molar-refractivity contribution in [2.75, 3.05) is 32.1 Å². The molecule has 0 bridgehead atoms. The Morgan fingerprint density at radius 3 is 2.89 bits per heavy atom. The molecule has 0 spiro atoms. The average Bonchev–Trinajstić information content (AvgIpc) is 2.63. The molecule has 1 aliphatic rings. The number of aromatic nitrogens is 1. The van der Waals surface area contributed by atoms with Crippen LogP contribution in [-0.2, 0) is 0 Å². The van der Waals surface area contributed by atoms with Gasteiger partial charge in [0, 0.05) is 27.2 Å². The molecule has 1 aliphatic heterocycles. The molecule has 104 valence electrons. The normalized spacial score (nSPS) is 19.9. The Kier molecular flexibility index (Phi) is 4.37. The second kappa shape index (κ2) is 6.02. The van der Waals surface area contributed by atoms with Crippen LogP contribution in [0.3, 0.4) is 0 Å². The van der Waals surface area contributed by atoms with E-state index in [9.17, 15) is 9.90 Å². The minimum Gasteiger partial charge on any atom is -0.393 e. The molecule has 1 N–H and O–H groups in total. The molecular formula is C14H21N3O2. The number of amides is 1. The predicted molar refractivity (Wildman–Crippen MR) is 74.3 cm³/mol. The Labute approximate surface area is 113 Å². The van der Waals surface area contributed by atoms with Crippen LogP contribution < -0.4 is 4.90 Å². The molecular weight excluding hydrogens is 242 g/mol. The van der Waals surface area contributed by atoms with Crippen molar-refractivity contribution in [1.29, 1.82) is 0 Å². The molecule has 0 saturated carbocycles. The summed E-state index contributed by atoms with van der Waals surface area (Å²) in [5.74, 6) is 0.735. The zero-order chi connectivity index (χ0) is 13.8. The lowest BCUT2D eigenvalue weighted by molar-refractivity contribution is 0.0822. The van der Waals surface area contributed by atoms with Gasteiger partial charge < -0.3 is 14.9 Å². The molecule has 1 amide bonds. The second-order valence-electron chi connectivity index (χ2n) is 5.15. The molecule has 1 aromatic heterocycles. The standard InChI is InChI=1S/C14H21N3O2/c1-16(2)14(19)12-6-3-7-13(15-12)17-9-4-5-11(18)8-10-17/h3,6-7,11,18H,4-5,8-10H2,1-2H3. The van der Waals surface area contributed by atoms with E-state index in [0.29, 0.717) is 5.69 Å². The number of carbonyl (C=O) groups excluding carboxylic acids is 1. The van der Waals surface area contributed by atoms with Crippen molar-refractivity contribution < 1.29 is 9.90 Å². The first-order valence-corrected chi connectivity index (χ1v) is 6.69. The average molecular weight is 263 g/mol. The van der Waals surface area contributed by atoms with Crippen molar-refractivity contribution in [3.05, 3.63) is 23.9 Å². The van der Waals surface area contributed by atoms with Crippen LogP contribution in [0.5, 0.6) is 0 Å². The van der Waals surface area contributed by atoms with Crippen LogP contribution in [0.15, 0.2) is 18.2 Å². The summed E-state index contributed by atoms with van der Waals surface area (Å²) in [6.07, 6.45) is 2.34. The number of aliphatic hydroxyl groups excluding tert-OH is 1. The van der Waals surface area contributed by atoms with E-state index in [0.717, 1.165) is 38.2 Å². The maximum absolute atomic E-state index is 11.9. The van der Waals surface area contributed by atoms with Crippen LogP contribution in [0.2, 0.25) is 0 Å². The third kappa shape index (κ3) is 3.44. The van der Waals surface area contributed by atoms with Gasteiger partial charge in [-0.05, 0) is 31.4 Å². The molecule has 1 aromatic rings. The van der Waals surface area contributed by atoms with Crippen LogP contribution in [0.25, 0.3) is 0 Å². The molecule has 5 nitrogen and oxygen atoms in total. The smallest absolute Gasteiger partial charge is 0.272 e. The monoisotopic (exact) mass is 263 g/mol. The summed E-state index contributed by atoms with van der Waals surface area (Å²) in [4.78, 5) is 20.0. The minimum atomic E-state index is -0.211. The highest BCUT2D eigenvalue weighted by atomic mass is 16.3. The van der Waals surface area contributed by atoms with Crippen molar-refractivity contribution in [2.24, 2.45) is 0 Å². The van der Waals surface area contributed by atoms with Gasteiger partial charge in [-0.1, -0.05) is 6.07 Å². The Morgan fingerprint density at radius 2 is 2.16 bits per heavy atom. The maximum atomic E-state index is 11.9. The number of rotatable bonds is 2. The number of hydrogen-bond acceptors (Lipinski definition) is 4. The lowest BCUT2D eigenvalue weighted by Gasteiger charge is -2.22. The van der Waals surface area contributed by atoms with Crippen molar-refractivity contribution in [3.8, 4) is 0 Å². The summed E-state index contributed by atoms with van der Waals surface area (Å²) in [5.41, 5.74) is 0.465. The number of pyridine rings is 1. The van der Waals surface area contributed by atoms with Gasteiger partial charge in [0.1, 0.15) is 11.5 Å². The van der Waals surface area contributed by atoms with E-state index < -0.39 is 0 Å². The van der Waals surface area contributed by atoms with E-state index in [1.165, 1.54) is 4.90 Å². The van der Waals surface area contributed by atoms with Gasteiger partial charge in [0.15, 0.2) is 0 Å². The predicted octanol–water partition coefficient (Wildman–Crippen LogP) is 1.13. The van der Waals surface area contributed by atoms with E-state index in [2.05, 4.69) is 9.88 Å². The molecule has 19 heavy (non-hydrogen) atoms. The fourth-order valence-electron chi connectivity index (χ4n) is 2.26. The SMILES string of the molecule is CN(C)C(=O)c1cccc(N2CCCC(O)CC2)n1. The van der Waals surface area contributed by atoms with Crippen molar-refractivity contribution in [1.82, 2.24) is 9.88 Å². The quantitative estimate of drug-likeness (QED) is 0.869. The molecule has 0 radical (unpaired) electrons. The first-order valence-electron chi connectivity index (χ1n) is 6.69. The summed E-state index contributed by atoms with van der Waals surface area (Å²) < 4.78 is 0. The molecule has 1 atom stereocenters. The molecule has 1 fully saturated rings. The third-order valence-electron chi connectivity index (χ3n) is 3.38. The van der Waals surface area contributed by atoms with E-state index >= 15 is 0 Å². The van der Waals surface area contributed by atoms with Gasteiger partial charge in [-0.3, -0.25) is 4.79 Å². The lowest BCUT2D eigenvalue weighted by atomic mass is 10.2. The maximum Gasteiger partial charge on any atom is 0.272 e. The van der Waals surface area contributed by atoms with Gasteiger partial charge in [0.05, 0.1) is 6.10 Å². The molecule has 1 saturated heterocycles. The van der Waals surface area contributed by atoms with Crippen molar-refractivity contribution >= 4 is 11.7 Å². The van der Waals surface area contributed by atoms with Crippen LogP contribution in [0.4, 0.5) is 5.82 Å². The second-order valence-corrected chi connectivity index (χ2v) is 5.15. The first kappa shape index (κ1) is 13.8. The number of hydrogen-bond donors (Lipinski definition) is 1. The van der Waals surface area contributed by atoms with Crippen LogP contribution >= 0.6 is 0 Å². The summed E-state index contributed by atoms with van der Waals surface area (Å²) in [5, 5.41) is 9.66. The van der Waals surface area contributed by atoms with Crippen LogP contribution in [0.1, 0.15) is 29.8 Å². The number of anilines is 1. The molecule has 0 aromatic carbocycles. The lowest BCUT2D eigenvalue weighted by Crippen LogP contribution is -2.27. The Morgan fingerprint density at radius 1 is 1.37 bits per heavy atom. The highest BCUT2D eigenvalue weighted by Crippen LogP contribution is 2.18. The molecule has 1 unspecified atom stereocenters. The number of nitrogens with zero attached hydrogens (tertiary/aromatic N) is 3. The van der Waals surface area contributed by atoms with E-state index in [1.807, 2.05) is 12.1 Å². The van der Waals surface area contributed by atoms with Crippen molar-refractivity contribution in [3.63, 3.8) is 0 Å².